The molecule has 2 N–H and O–H groups in total. The Morgan fingerprint density at radius 3 is 2.46 bits per heavy atom. The zero-order chi connectivity index (χ0) is 17.5. The fourth-order valence-corrected chi connectivity index (χ4v) is 2.30. The molecule has 0 radical (unpaired) electrons. The van der Waals surface area contributed by atoms with Crippen LogP contribution in [0.25, 0.3) is 0 Å². The summed E-state index contributed by atoms with van der Waals surface area (Å²) in [6.07, 6.45) is 0. The molecular weight excluding hydrogens is 298 g/mol. The Morgan fingerprint density at radius 2 is 1.83 bits per heavy atom. The summed E-state index contributed by atoms with van der Waals surface area (Å²) in [4.78, 5) is 11.9. The maximum absolute atomic E-state index is 11.9. The Balaban J connectivity index is 1.88. The molecule has 0 unspecified atom stereocenters. The van der Waals surface area contributed by atoms with E-state index in [1.165, 1.54) is 5.56 Å². The Labute approximate surface area is 144 Å². The number of anilines is 1. The number of nitrogens with one attached hydrogen (secondary N) is 2. The van der Waals surface area contributed by atoms with Crippen LogP contribution in [0.3, 0.4) is 0 Å². The molecule has 126 valence electrons. The van der Waals surface area contributed by atoms with Gasteiger partial charge in [0.1, 0.15) is 0 Å². The van der Waals surface area contributed by atoms with E-state index in [-0.39, 0.29) is 12.5 Å². The largest absolute Gasteiger partial charge is 0.376 e. The lowest BCUT2D eigenvalue weighted by atomic mass is 10.0. The maximum atomic E-state index is 11.9. The van der Waals surface area contributed by atoms with Crippen LogP contribution in [-0.2, 0) is 4.79 Å². The molecule has 0 aromatic heterocycles. The first-order chi connectivity index (χ1) is 11.5. The molecule has 0 aliphatic rings. The topological polar surface area (TPSA) is 53.5 Å². The number of carbonyl (C=O) groups excluding carboxylic acids is 1. The van der Waals surface area contributed by atoms with Crippen LogP contribution in [-0.4, -0.2) is 18.2 Å². The molecule has 4 nitrogen and oxygen atoms in total. The van der Waals surface area contributed by atoms with Gasteiger partial charge in [-0.3, -0.25) is 4.79 Å². The molecule has 24 heavy (non-hydrogen) atoms. The van der Waals surface area contributed by atoms with Crippen LogP contribution in [0.5, 0.6) is 0 Å². The van der Waals surface area contributed by atoms with Gasteiger partial charge < -0.3 is 5.32 Å². The molecule has 0 saturated heterocycles. The second-order valence-corrected chi connectivity index (χ2v) is 6.23. The maximum Gasteiger partial charge on any atom is 0.259 e. The van der Waals surface area contributed by atoms with Gasteiger partial charge in [-0.1, -0.05) is 50.2 Å². The van der Waals surface area contributed by atoms with Crippen LogP contribution in [0.4, 0.5) is 5.69 Å². The Bertz CT molecular complexity index is 718. The fraction of sp³-hybridized carbons (Fsp3) is 0.300. The van der Waals surface area contributed by atoms with Crippen molar-refractivity contribution >= 4 is 17.3 Å². The number of hydrogen-bond donors (Lipinski definition) is 2. The molecule has 0 aliphatic heterocycles. The number of carbonyl (C=O) groups is 1. The van der Waals surface area contributed by atoms with E-state index >= 15 is 0 Å². The summed E-state index contributed by atoms with van der Waals surface area (Å²) in [6.45, 7) is 8.42. The number of hydrogen-bond acceptors (Lipinski definition) is 3. The van der Waals surface area contributed by atoms with Crippen molar-refractivity contribution < 1.29 is 4.79 Å². The van der Waals surface area contributed by atoms with E-state index in [9.17, 15) is 4.79 Å². The Morgan fingerprint density at radius 1 is 1.12 bits per heavy atom. The minimum absolute atomic E-state index is 0.172. The van der Waals surface area contributed by atoms with Gasteiger partial charge in [0.25, 0.3) is 5.91 Å². The SMILES string of the molecule is C/C(=N/NC(=O)CNc1cccc(C)c1)c1ccc(C(C)C)cc1. The number of aryl methyl sites for hydroxylation is 1. The molecule has 2 aromatic carbocycles. The second kappa shape index (κ2) is 8.29. The van der Waals surface area contributed by atoms with Gasteiger partial charge in [-0.15, -0.1) is 0 Å². The van der Waals surface area contributed by atoms with Gasteiger partial charge >= 0.3 is 0 Å². The second-order valence-electron chi connectivity index (χ2n) is 6.23. The van der Waals surface area contributed by atoms with Gasteiger partial charge in [-0.2, -0.15) is 5.10 Å². The molecule has 0 aliphatic carbocycles. The number of nitrogens with zero attached hydrogens (tertiary/aromatic N) is 1. The third kappa shape index (κ3) is 5.23. The Hall–Kier alpha value is -2.62. The van der Waals surface area contributed by atoms with E-state index in [4.69, 9.17) is 0 Å². The van der Waals surface area contributed by atoms with Gasteiger partial charge in [0, 0.05) is 5.69 Å². The van der Waals surface area contributed by atoms with Crippen molar-refractivity contribution in [3.63, 3.8) is 0 Å². The summed E-state index contributed by atoms with van der Waals surface area (Å²) in [5.74, 6) is 0.332. The van der Waals surface area contributed by atoms with E-state index in [0.717, 1.165) is 22.5 Å². The summed E-state index contributed by atoms with van der Waals surface area (Å²) in [7, 11) is 0. The van der Waals surface area contributed by atoms with Crippen LogP contribution < -0.4 is 10.7 Å². The number of rotatable bonds is 6. The van der Waals surface area contributed by atoms with E-state index in [2.05, 4.69) is 41.8 Å². The average molecular weight is 323 g/mol. The van der Waals surface area contributed by atoms with E-state index < -0.39 is 0 Å². The van der Waals surface area contributed by atoms with Crippen molar-refractivity contribution in [2.75, 3.05) is 11.9 Å². The molecule has 0 heterocycles. The van der Waals surface area contributed by atoms with Crippen molar-refractivity contribution in [3.8, 4) is 0 Å². The number of hydrazone groups is 1. The van der Waals surface area contributed by atoms with Gasteiger partial charge in [0.15, 0.2) is 0 Å². The molecular formula is C20H25N3O. The molecule has 1 amide bonds. The molecule has 0 bridgehead atoms. The lowest BCUT2D eigenvalue weighted by Gasteiger charge is -2.08. The molecule has 2 aromatic rings. The van der Waals surface area contributed by atoms with Gasteiger partial charge in [0.2, 0.25) is 0 Å². The fourth-order valence-electron chi connectivity index (χ4n) is 2.30. The lowest BCUT2D eigenvalue weighted by Crippen LogP contribution is -2.26. The van der Waals surface area contributed by atoms with Crippen molar-refractivity contribution in [2.24, 2.45) is 5.10 Å². The van der Waals surface area contributed by atoms with E-state index in [1.807, 2.05) is 50.2 Å². The highest BCUT2D eigenvalue weighted by atomic mass is 16.2. The first kappa shape index (κ1) is 17.7. The molecule has 4 heteroatoms. The summed E-state index contributed by atoms with van der Waals surface area (Å²) >= 11 is 0. The standard InChI is InChI=1S/C20H25N3O/c1-14(2)17-8-10-18(11-9-17)16(4)22-23-20(24)13-21-19-7-5-6-15(3)12-19/h5-12,14,21H,13H2,1-4H3,(H,23,24)/b22-16-. The van der Waals surface area contributed by atoms with Crippen LogP contribution in [0.2, 0.25) is 0 Å². The molecule has 0 spiro atoms. The lowest BCUT2D eigenvalue weighted by molar-refractivity contribution is -0.119. The monoisotopic (exact) mass is 323 g/mol. The Kier molecular flexibility index (Phi) is 6.13. The first-order valence-electron chi connectivity index (χ1n) is 8.19. The highest BCUT2D eigenvalue weighted by molar-refractivity contribution is 5.99. The van der Waals surface area contributed by atoms with Crippen molar-refractivity contribution in [1.82, 2.24) is 5.43 Å². The highest BCUT2D eigenvalue weighted by Gasteiger charge is 2.03. The van der Waals surface area contributed by atoms with E-state index in [1.54, 1.807) is 0 Å². The summed E-state index contributed by atoms with van der Waals surface area (Å²) in [6, 6.07) is 16.2. The van der Waals surface area contributed by atoms with Crippen LogP contribution in [0.1, 0.15) is 43.4 Å². The quantitative estimate of drug-likeness (QED) is 0.622. The van der Waals surface area contributed by atoms with Crippen molar-refractivity contribution in [3.05, 3.63) is 65.2 Å². The third-order valence-electron chi connectivity index (χ3n) is 3.81. The zero-order valence-electron chi connectivity index (χ0n) is 14.8. The average Bonchev–Trinajstić information content (AvgIpc) is 2.58. The summed E-state index contributed by atoms with van der Waals surface area (Å²) in [5, 5.41) is 7.26. The number of amides is 1. The highest BCUT2D eigenvalue weighted by Crippen LogP contribution is 2.15. The predicted octanol–water partition coefficient (Wildman–Crippen LogP) is 4.07. The van der Waals surface area contributed by atoms with Gasteiger partial charge in [0.05, 0.1) is 12.3 Å². The first-order valence-corrected chi connectivity index (χ1v) is 8.19. The predicted molar refractivity (Wildman–Crippen MR) is 101 cm³/mol. The summed E-state index contributed by atoms with van der Waals surface area (Å²) in [5.41, 5.74) is 7.75. The minimum atomic E-state index is -0.172. The van der Waals surface area contributed by atoms with E-state index in [0.29, 0.717) is 5.92 Å². The molecule has 0 saturated carbocycles. The normalized spacial score (nSPS) is 11.5. The summed E-state index contributed by atoms with van der Waals surface area (Å²) < 4.78 is 0. The van der Waals surface area contributed by atoms with Crippen molar-refractivity contribution in [2.45, 2.75) is 33.6 Å². The van der Waals surface area contributed by atoms with Gasteiger partial charge in [-0.25, -0.2) is 5.43 Å². The van der Waals surface area contributed by atoms with Crippen molar-refractivity contribution in [1.29, 1.82) is 0 Å². The van der Waals surface area contributed by atoms with Crippen LogP contribution in [0, 0.1) is 6.92 Å². The van der Waals surface area contributed by atoms with Crippen LogP contribution in [0.15, 0.2) is 53.6 Å². The molecule has 2 rings (SSSR count). The minimum Gasteiger partial charge on any atom is -0.376 e. The smallest absolute Gasteiger partial charge is 0.259 e. The number of benzene rings is 2. The third-order valence-corrected chi connectivity index (χ3v) is 3.81. The molecule has 0 fully saturated rings. The zero-order valence-corrected chi connectivity index (χ0v) is 14.8. The van der Waals surface area contributed by atoms with Gasteiger partial charge in [-0.05, 0) is 48.6 Å². The van der Waals surface area contributed by atoms with Crippen LogP contribution >= 0.6 is 0 Å². The molecule has 0 atom stereocenters.